The van der Waals surface area contributed by atoms with Crippen LogP contribution in [0.3, 0.4) is 0 Å². The Kier molecular flexibility index (Phi) is 3.24. The molecule has 1 unspecified atom stereocenters. The summed E-state index contributed by atoms with van der Waals surface area (Å²) in [6.07, 6.45) is 2.61. The molecule has 1 fully saturated rings. The molecule has 0 radical (unpaired) electrons. The minimum atomic E-state index is 0.650. The van der Waals surface area contributed by atoms with Crippen molar-refractivity contribution in [2.24, 2.45) is 4.99 Å². The highest BCUT2D eigenvalue weighted by Crippen LogP contribution is 2.04. The van der Waals surface area contributed by atoms with Gasteiger partial charge in [-0.1, -0.05) is 0 Å². The van der Waals surface area contributed by atoms with E-state index in [4.69, 9.17) is 0 Å². The predicted octanol–water partition coefficient (Wildman–Crippen LogP) is 0.0195. The Morgan fingerprint density at radius 2 is 2.57 bits per heavy atom. The van der Waals surface area contributed by atoms with Crippen LogP contribution in [0.1, 0.15) is 19.8 Å². The second kappa shape index (κ2) is 4.64. The quantitative estimate of drug-likeness (QED) is 0.668. The van der Waals surface area contributed by atoms with E-state index in [0.29, 0.717) is 6.04 Å². The van der Waals surface area contributed by atoms with Gasteiger partial charge in [-0.25, -0.2) is 0 Å². The molecule has 2 aliphatic heterocycles. The van der Waals surface area contributed by atoms with Crippen LogP contribution in [0.2, 0.25) is 0 Å². The summed E-state index contributed by atoms with van der Waals surface area (Å²) in [5, 5.41) is 6.92. The Labute approximate surface area is 85.8 Å². The van der Waals surface area contributed by atoms with Crippen LogP contribution < -0.4 is 10.6 Å². The van der Waals surface area contributed by atoms with Crippen LogP contribution in [0.5, 0.6) is 0 Å². The van der Waals surface area contributed by atoms with E-state index in [-0.39, 0.29) is 0 Å². The van der Waals surface area contributed by atoms with Gasteiger partial charge < -0.3 is 15.5 Å². The molecule has 2 heterocycles. The lowest BCUT2D eigenvalue weighted by Crippen LogP contribution is -2.43. The predicted molar refractivity (Wildman–Crippen MR) is 58.6 cm³/mol. The first kappa shape index (κ1) is 9.77. The molecule has 0 aromatic carbocycles. The van der Waals surface area contributed by atoms with Crippen LogP contribution >= 0.6 is 0 Å². The van der Waals surface area contributed by atoms with Crippen LogP contribution in [0, 0.1) is 0 Å². The fraction of sp³-hybridized carbons (Fsp3) is 0.900. The van der Waals surface area contributed by atoms with Crippen LogP contribution in [-0.4, -0.2) is 49.6 Å². The van der Waals surface area contributed by atoms with Crippen molar-refractivity contribution in [3.8, 4) is 0 Å². The standard InChI is InChI=1S/C10H20N4/c1-2-14-7-6-12-10(14)13-8-9-4-3-5-11-9/h9,11H,2-8H2,1H3,(H,12,13). The first-order chi connectivity index (χ1) is 6.90. The second-order valence-electron chi connectivity index (χ2n) is 3.96. The molecule has 0 aromatic rings. The summed E-state index contributed by atoms with van der Waals surface area (Å²) in [5.41, 5.74) is 0. The summed E-state index contributed by atoms with van der Waals surface area (Å²) in [4.78, 5) is 6.75. The zero-order chi connectivity index (χ0) is 9.80. The number of nitrogens with zero attached hydrogens (tertiary/aromatic N) is 2. The Morgan fingerprint density at radius 3 is 3.29 bits per heavy atom. The lowest BCUT2D eigenvalue weighted by atomic mass is 10.2. The third-order valence-electron chi connectivity index (χ3n) is 2.98. The monoisotopic (exact) mass is 196 g/mol. The Bertz CT molecular complexity index is 208. The smallest absolute Gasteiger partial charge is 0.194 e. The first-order valence-corrected chi connectivity index (χ1v) is 5.67. The van der Waals surface area contributed by atoms with Crippen LogP contribution in [-0.2, 0) is 0 Å². The fourth-order valence-electron chi connectivity index (χ4n) is 2.10. The number of aliphatic imine (C=N–C) groups is 1. The number of hydrogen-bond donors (Lipinski definition) is 2. The molecule has 0 spiro atoms. The summed E-state index contributed by atoms with van der Waals surface area (Å²) in [5.74, 6) is 1.10. The van der Waals surface area contributed by atoms with Crippen molar-refractivity contribution in [3.05, 3.63) is 0 Å². The molecule has 4 heteroatoms. The van der Waals surface area contributed by atoms with E-state index >= 15 is 0 Å². The molecule has 0 saturated carbocycles. The van der Waals surface area contributed by atoms with Gasteiger partial charge in [0.05, 0.1) is 6.54 Å². The molecular formula is C10H20N4. The largest absolute Gasteiger partial charge is 0.355 e. The minimum absolute atomic E-state index is 0.650. The van der Waals surface area contributed by atoms with Gasteiger partial charge in [-0.05, 0) is 26.3 Å². The third-order valence-corrected chi connectivity index (χ3v) is 2.98. The molecule has 0 aliphatic carbocycles. The normalized spacial score (nSPS) is 26.8. The molecule has 2 aliphatic rings. The molecular weight excluding hydrogens is 176 g/mol. The Morgan fingerprint density at radius 1 is 1.64 bits per heavy atom. The van der Waals surface area contributed by atoms with Crippen LogP contribution in [0.4, 0.5) is 0 Å². The number of likely N-dealkylation sites (N-methyl/N-ethyl adjacent to an activating group) is 1. The van der Waals surface area contributed by atoms with Crippen LogP contribution in [0.25, 0.3) is 0 Å². The van der Waals surface area contributed by atoms with Gasteiger partial charge >= 0.3 is 0 Å². The molecule has 0 aromatic heterocycles. The number of rotatable bonds is 3. The van der Waals surface area contributed by atoms with Crippen molar-refractivity contribution in [3.63, 3.8) is 0 Å². The molecule has 4 nitrogen and oxygen atoms in total. The van der Waals surface area contributed by atoms with Gasteiger partial charge in [-0.15, -0.1) is 0 Å². The van der Waals surface area contributed by atoms with E-state index in [1.807, 2.05) is 0 Å². The number of nitrogens with one attached hydrogen (secondary N) is 2. The fourth-order valence-corrected chi connectivity index (χ4v) is 2.10. The maximum atomic E-state index is 4.45. The van der Waals surface area contributed by atoms with E-state index in [9.17, 15) is 0 Å². The molecule has 1 atom stereocenters. The van der Waals surface area contributed by atoms with Gasteiger partial charge in [-0.3, -0.25) is 4.99 Å². The lowest BCUT2D eigenvalue weighted by molar-refractivity contribution is 0.459. The van der Waals surface area contributed by atoms with Crippen molar-refractivity contribution in [2.75, 3.05) is 32.7 Å². The molecule has 0 bridgehead atoms. The molecule has 14 heavy (non-hydrogen) atoms. The zero-order valence-electron chi connectivity index (χ0n) is 8.92. The molecule has 80 valence electrons. The van der Waals surface area contributed by atoms with Crippen molar-refractivity contribution in [2.45, 2.75) is 25.8 Å². The highest BCUT2D eigenvalue weighted by atomic mass is 15.3. The number of hydrogen-bond acceptors (Lipinski definition) is 4. The zero-order valence-corrected chi connectivity index (χ0v) is 8.92. The van der Waals surface area contributed by atoms with E-state index < -0.39 is 0 Å². The van der Waals surface area contributed by atoms with E-state index in [1.165, 1.54) is 19.4 Å². The first-order valence-electron chi connectivity index (χ1n) is 5.67. The second-order valence-corrected chi connectivity index (χ2v) is 3.96. The maximum absolute atomic E-state index is 4.45. The summed E-state index contributed by atoms with van der Waals surface area (Å²) in [7, 11) is 0. The summed E-state index contributed by atoms with van der Waals surface area (Å²) in [6.45, 7) is 7.47. The van der Waals surface area contributed by atoms with E-state index in [2.05, 4.69) is 27.4 Å². The topological polar surface area (TPSA) is 39.7 Å². The summed E-state index contributed by atoms with van der Waals surface area (Å²) < 4.78 is 0. The summed E-state index contributed by atoms with van der Waals surface area (Å²) >= 11 is 0. The minimum Gasteiger partial charge on any atom is -0.355 e. The van der Waals surface area contributed by atoms with Crippen molar-refractivity contribution in [1.82, 2.24) is 15.5 Å². The van der Waals surface area contributed by atoms with E-state index in [1.54, 1.807) is 0 Å². The lowest BCUT2D eigenvalue weighted by Gasteiger charge is -2.20. The third kappa shape index (κ3) is 2.18. The summed E-state index contributed by atoms with van der Waals surface area (Å²) in [6, 6.07) is 0.650. The van der Waals surface area contributed by atoms with Gasteiger partial charge in [0, 0.05) is 25.7 Å². The Hall–Kier alpha value is -0.770. The average Bonchev–Trinajstić information content (AvgIpc) is 2.85. The van der Waals surface area contributed by atoms with Gasteiger partial charge in [0.1, 0.15) is 0 Å². The van der Waals surface area contributed by atoms with Gasteiger partial charge in [0.15, 0.2) is 5.96 Å². The van der Waals surface area contributed by atoms with Crippen molar-refractivity contribution in [1.29, 1.82) is 0 Å². The molecule has 0 amide bonds. The highest BCUT2D eigenvalue weighted by molar-refractivity contribution is 5.81. The van der Waals surface area contributed by atoms with Gasteiger partial charge in [0.25, 0.3) is 0 Å². The maximum Gasteiger partial charge on any atom is 0.194 e. The Balaban J connectivity index is 1.74. The molecule has 1 saturated heterocycles. The highest BCUT2D eigenvalue weighted by Gasteiger charge is 2.18. The average molecular weight is 196 g/mol. The SMILES string of the molecule is CCN1CCN=C1NCC1CCCN1. The van der Waals surface area contributed by atoms with Gasteiger partial charge in [0.2, 0.25) is 0 Å². The molecule has 2 N–H and O–H groups in total. The van der Waals surface area contributed by atoms with Gasteiger partial charge in [-0.2, -0.15) is 0 Å². The number of guanidine groups is 1. The van der Waals surface area contributed by atoms with Crippen molar-refractivity contribution >= 4 is 5.96 Å². The van der Waals surface area contributed by atoms with Crippen LogP contribution in [0.15, 0.2) is 4.99 Å². The van der Waals surface area contributed by atoms with E-state index in [0.717, 1.165) is 32.1 Å². The van der Waals surface area contributed by atoms with Crippen molar-refractivity contribution < 1.29 is 0 Å². The molecule has 2 rings (SSSR count).